The van der Waals surface area contributed by atoms with Crippen molar-refractivity contribution in [1.29, 1.82) is 0 Å². The van der Waals surface area contributed by atoms with E-state index in [4.69, 9.17) is 0 Å². The van der Waals surface area contributed by atoms with Crippen LogP contribution in [0, 0.1) is 11.7 Å². The smallest absolute Gasteiger partial charge is 0.271 e. The molecule has 1 aromatic heterocycles. The van der Waals surface area contributed by atoms with Crippen molar-refractivity contribution >= 4 is 17.5 Å². The van der Waals surface area contributed by atoms with Gasteiger partial charge in [0.2, 0.25) is 0 Å². The van der Waals surface area contributed by atoms with Gasteiger partial charge in [0.05, 0.1) is 0 Å². The van der Waals surface area contributed by atoms with Crippen LogP contribution in [-0.4, -0.2) is 64.6 Å². The number of rotatable bonds is 9. The second-order valence-corrected chi connectivity index (χ2v) is 9.43. The summed E-state index contributed by atoms with van der Waals surface area (Å²) < 4.78 is 15.1. The highest BCUT2D eigenvalue weighted by Crippen LogP contribution is 2.23. The molecule has 0 spiro atoms. The largest absolute Gasteiger partial charge is 0.343 e. The van der Waals surface area contributed by atoms with Gasteiger partial charge in [0.1, 0.15) is 11.5 Å². The molecule has 0 bridgehead atoms. The molecule has 0 atom stereocenters. The maximum atomic E-state index is 13.1. The number of halogens is 1. The zero-order chi connectivity index (χ0) is 24.1. The summed E-state index contributed by atoms with van der Waals surface area (Å²) in [5.41, 5.74) is 1.71. The molecule has 1 fully saturated rings. The number of carbonyl (C=O) groups excluding carboxylic acids is 3. The molecular formula is C27H34FN3O3. The van der Waals surface area contributed by atoms with Crippen LogP contribution in [0.3, 0.4) is 0 Å². The summed E-state index contributed by atoms with van der Waals surface area (Å²) in [5, 5.41) is 0. The molecule has 0 unspecified atom stereocenters. The molecule has 0 aliphatic carbocycles. The van der Waals surface area contributed by atoms with E-state index in [1.54, 1.807) is 23.1 Å². The number of nitrogens with zero attached hydrogens (tertiary/aromatic N) is 3. The molecule has 182 valence electrons. The predicted molar refractivity (Wildman–Crippen MR) is 129 cm³/mol. The molecule has 7 heteroatoms. The lowest BCUT2D eigenvalue weighted by atomic mass is 9.89. The lowest BCUT2D eigenvalue weighted by molar-refractivity contribution is 0.0746. The SMILES string of the molecule is CCCN1CCC(=O)c2ccn(CCCCN3CCC(C(=O)c4ccc(F)cc4)CC3)c2C1=O. The Kier molecular flexibility index (Phi) is 7.93. The van der Waals surface area contributed by atoms with Crippen LogP contribution in [0.25, 0.3) is 0 Å². The Morgan fingerprint density at radius 1 is 0.971 bits per heavy atom. The van der Waals surface area contributed by atoms with Gasteiger partial charge < -0.3 is 14.4 Å². The quantitative estimate of drug-likeness (QED) is 0.404. The highest BCUT2D eigenvalue weighted by molar-refractivity contribution is 6.09. The second kappa shape index (κ2) is 11.1. The molecule has 0 radical (unpaired) electrons. The predicted octanol–water partition coefficient (Wildman–Crippen LogP) is 4.44. The standard InChI is InChI=1S/C27H34FN3O3/c1-2-13-31-19-12-24(32)23-11-18-30(25(23)27(31)34)15-4-3-14-29-16-9-21(10-17-29)26(33)20-5-7-22(28)8-6-20/h5-8,11,18,21H,2-4,9-10,12-17,19H2,1H3. The molecule has 6 nitrogen and oxygen atoms in total. The Balaban J connectivity index is 1.24. The van der Waals surface area contributed by atoms with Gasteiger partial charge in [0.15, 0.2) is 11.6 Å². The van der Waals surface area contributed by atoms with E-state index in [1.807, 2.05) is 17.7 Å². The molecule has 1 aromatic carbocycles. The lowest BCUT2D eigenvalue weighted by Crippen LogP contribution is -2.37. The molecule has 2 aliphatic rings. The second-order valence-electron chi connectivity index (χ2n) is 9.43. The van der Waals surface area contributed by atoms with Crippen LogP contribution in [0.15, 0.2) is 36.5 Å². The van der Waals surface area contributed by atoms with Gasteiger partial charge in [-0.2, -0.15) is 0 Å². The molecule has 1 saturated heterocycles. The Labute approximate surface area is 200 Å². The van der Waals surface area contributed by atoms with Gasteiger partial charge in [0.25, 0.3) is 5.91 Å². The fraction of sp³-hybridized carbons (Fsp3) is 0.519. The zero-order valence-electron chi connectivity index (χ0n) is 20.0. The summed E-state index contributed by atoms with van der Waals surface area (Å²) in [4.78, 5) is 42.4. The number of hydrogen-bond acceptors (Lipinski definition) is 4. The molecule has 0 N–H and O–H groups in total. The fourth-order valence-electron chi connectivity index (χ4n) is 5.11. The van der Waals surface area contributed by atoms with Gasteiger partial charge in [-0.15, -0.1) is 0 Å². The van der Waals surface area contributed by atoms with Crippen LogP contribution in [0.2, 0.25) is 0 Å². The summed E-state index contributed by atoms with van der Waals surface area (Å²) in [6.07, 6.45) is 6.71. The van der Waals surface area contributed by atoms with E-state index in [2.05, 4.69) is 4.90 Å². The third-order valence-corrected chi connectivity index (χ3v) is 7.07. The summed E-state index contributed by atoms with van der Waals surface area (Å²) in [6.45, 7) is 6.66. The Bertz CT molecular complexity index is 1020. The summed E-state index contributed by atoms with van der Waals surface area (Å²) in [7, 11) is 0. The van der Waals surface area contributed by atoms with Crippen molar-refractivity contribution in [3.63, 3.8) is 0 Å². The number of ketones is 2. The molecule has 2 aromatic rings. The Morgan fingerprint density at radius 2 is 1.68 bits per heavy atom. The first-order chi connectivity index (χ1) is 16.5. The molecule has 2 aliphatic heterocycles. The van der Waals surface area contributed by atoms with Crippen molar-refractivity contribution in [3.05, 3.63) is 59.2 Å². The lowest BCUT2D eigenvalue weighted by Gasteiger charge is -2.31. The van der Waals surface area contributed by atoms with E-state index in [0.29, 0.717) is 42.9 Å². The van der Waals surface area contributed by atoms with Crippen LogP contribution in [0.4, 0.5) is 4.39 Å². The third-order valence-electron chi connectivity index (χ3n) is 7.07. The minimum atomic E-state index is -0.323. The maximum Gasteiger partial charge on any atom is 0.271 e. The molecular weight excluding hydrogens is 433 g/mol. The maximum absolute atomic E-state index is 13.1. The fourth-order valence-corrected chi connectivity index (χ4v) is 5.11. The molecule has 4 rings (SSSR count). The number of hydrogen-bond donors (Lipinski definition) is 0. The van der Waals surface area contributed by atoms with E-state index in [1.165, 1.54) is 12.1 Å². The van der Waals surface area contributed by atoms with E-state index < -0.39 is 0 Å². The van der Waals surface area contributed by atoms with Gasteiger partial charge in [-0.3, -0.25) is 14.4 Å². The van der Waals surface area contributed by atoms with Crippen molar-refractivity contribution in [3.8, 4) is 0 Å². The van der Waals surface area contributed by atoms with Crippen molar-refractivity contribution in [2.24, 2.45) is 5.92 Å². The van der Waals surface area contributed by atoms with Crippen LogP contribution >= 0.6 is 0 Å². The average Bonchev–Trinajstić information content (AvgIpc) is 3.23. The molecule has 0 saturated carbocycles. The number of amides is 1. The van der Waals surface area contributed by atoms with Crippen LogP contribution in [0.1, 0.15) is 76.7 Å². The minimum Gasteiger partial charge on any atom is -0.343 e. The summed E-state index contributed by atoms with van der Waals surface area (Å²) in [6, 6.07) is 7.64. The number of likely N-dealkylation sites (tertiary alicyclic amines) is 1. The van der Waals surface area contributed by atoms with E-state index in [-0.39, 0.29) is 29.2 Å². The Hall–Kier alpha value is -2.80. The number of unbranched alkanes of at least 4 members (excludes halogenated alkanes) is 1. The van der Waals surface area contributed by atoms with Crippen molar-refractivity contribution in [2.45, 2.75) is 52.0 Å². The number of aryl methyl sites for hydroxylation is 1. The van der Waals surface area contributed by atoms with Crippen molar-refractivity contribution in [1.82, 2.24) is 14.4 Å². The molecule has 3 heterocycles. The van der Waals surface area contributed by atoms with E-state index in [9.17, 15) is 18.8 Å². The molecule has 34 heavy (non-hydrogen) atoms. The van der Waals surface area contributed by atoms with Crippen molar-refractivity contribution < 1.29 is 18.8 Å². The number of piperidine rings is 1. The van der Waals surface area contributed by atoms with E-state index >= 15 is 0 Å². The first-order valence-electron chi connectivity index (χ1n) is 12.5. The molecule has 1 amide bonds. The highest BCUT2D eigenvalue weighted by Gasteiger charge is 2.29. The average molecular weight is 468 g/mol. The first kappa shape index (κ1) is 24.3. The van der Waals surface area contributed by atoms with Crippen LogP contribution < -0.4 is 0 Å². The number of carbonyl (C=O) groups is 3. The number of aromatic nitrogens is 1. The van der Waals surface area contributed by atoms with Gasteiger partial charge in [-0.1, -0.05) is 6.92 Å². The monoisotopic (exact) mass is 467 g/mol. The van der Waals surface area contributed by atoms with Crippen molar-refractivity contribution in [2.75, 3.05) is 32.7 Å². The first-order valence-corrected chi connectivity index (χ1v) is 12.5. The third kappa shape index (κ3) is 5.46. The number of benzene rings is 1. The van der Waals surface area contributed by atoms with Crippen LogP contribution in [-0.2, 0) is 6.54 Å². The number of Topliss-reactive ketones (excluding diaryl/α,β-unsaturated/α-hetero) is 2. The highest BCUT2D eigenvalue weighted by atomic mass is 19.1. The summed E-state index contributed by atoms with van der Waals surface area (Å²) >= 11 is 0. The van der Waals surface area contributed by atoms with Gasteiger partial charge in [0, 0.05) is 49.3 Å². The normalized spacial score (nSPS) is 17.6. The topological polar surface area (TPSA) is 62.6 Å². The van der Waals surface area contributed by atoms with Gasteiger partial charge in [-0.05, 0) is 82.1 Å². The summed E-state index contributed by atoms with van der Waals surface area (Å²) in [5.74, 6) is -0.174. The van der Waals surface area contributed by atoms with E-state index in [0.717, 1.165) is 51.7 Å². The van der Waals surface area contributed by atoms with Crippen LogP contribution in [0.5, 0.6) is 0 Å². The Morgan fingerprint density at radius 3 is 2.38 bits per heavy atom. The number of fused-ring (bicyclic) bond motifs is 1. The van der Waals surface area contributed by atoms with Gasteiger partial charge in [-0.25, -0.2) is 4.39 Å². The van der Waals surface area contributed by atoms with Gasteiger partial charge >= 0.3 is 0 Å². The zero-order valence-corrected chi connectivity index (χ0v) is 20.0. The minimum absolute atomic E-state index is 0.00617.